The molecular formula is C18H17N3OS. The van der Waals surface area contributed by atoms with E-state index >= 15 is 0 Å². The molecule has 0 aliphatic rings. The molecule has 0 aliphatic heterocycles. The first-order chi connectivity index (χ1) is 11.3. The molecule has 0 saturated heterocycles. The van der Waals surface area contributed by atoms with Crippen molar-refractivity contribution in [2.75, 3.05) is 5.32 Å². The van der Waals surface area contributed by atoms with E-state index in [1.807, 2.05) is 67.6 Å². The first-order valence-corrected chi connectivity index (χ1v) is 8.30. The maximum Gasteiger partial charge on any atom is 0.232 e. The van der Waals surface area contributed by atoms with Crippen molar-refractivity contribution in [3.63, 3.8) is 0 Å². The van der Waals surface area contributed by atoms with Gasteiger partial charge < -0.3 is 5.32 Å². The Morgan fingerprint density at radius 2 is 1.74 bits per heavy atom. The van der Waals surface area contributed by atoms with E-state index in [0.29, 0.717) is 10.7 Å². The molecule has 0 fully saturated rings. The van der Waals surface area contributed by atoms with Crippen LogP contribution in [0.5, 0.6) is 0 Å². The highest BCUT2D eigenvalue weighted by Gasteiger charge is 2.21. The third kappa shape index (κ3) is 3.46. The van der Waals surface area contributed by atoms with Crippen LogP contribution < -0.4 is 5.32 Å². The number of carbonyl (C=O) groups is 1. The van der Waals surface area contributed by atoms with E-state index in [0.717, 1.165) is 17.5 Å². The summed E-state index contributed by atoms with van der Waals surface area (Å²) in [5.41, 5.74) is 2.68. The molecule has 116 valence electrons. The smallest absolute Gasteiger partial charge is 0.232 e. The Morgan fingerprint density at radius 3 is 2.39 bits per heavy atom. The molecule has 0 bridgehead atoms. The second-order valence-electron chi connectivity index (χ2n) is 5.18. The molecule has 1 aromatic heterocycles. The SMILES string of the molecule is CCC(C(=O)Nc1snnc1-c1ccccc1)c1ccccc1. The molecule has 1 heterocycles. The summed E-state index contributed by atoms with van der Waals surface area (Å²) in [7, 11) is 0. The second-order valence-corrected chi connectivity index (χ2v) is 5.93. The summed E-state index contributed by atoms with van der Waals surface area (Å²) in [4.78, 5) is 12.7. The van der Waals surface area contributed by atoms with E-state index in [-0.39, 0.29) is 11.8 Å². The lowest BCUT2D eigenvalue weighted by Gasteiger charge is -2.14. The van der Waals surface area contributed by atoms with Gasteiger partial charge in [-0.05, 0) is 12.0 Å². The van der Waals surface area contributed by atoms with Crippen LogP contribution in [-0.4, -0.2) is 15.5 Å². The van der Waals surface area contributed by atoms with Gasteiger partial charge in [-0.3, -0.25) is 4.79 Å². The standard InChI is InChI=1S/C18H17N3OS/c1-2-15(13-9-5-3-6-10-13)17(22)19-18-16(20-21-23-18)14-11-7-4-8-12-14/h3-12,15H,2H2,1H3,(H,19,22). The highest BCUT2D eigenvalue weighted by Crippen LogP contribution is 2.30. The largest absolute Gasteiger partial charge is 0.314 e. The summed E-state index contributed by atoms with van der Waals surface area (Å²) in [5, 5.41) is 7.83. The molecule has 1 amide bonds. The van der Waals surface area contributed by atoms with E-state index in [9.17, 15) is 4.79 Å². The lowest BCUT2D eigenvalue weighted by atomic mass is 9.96. The third-order valence-corrected chi connectivity index (χ3v) is 4.34. The average Bonchev–Trinajstić information content (AvgIpc) is 3.05. The van der Waals surface area contributed by atoms with Crippen molar-refractivity contribution in [1.29, 1.82) is 0 Å². The minimum atomic E-state index is -0.179. The fourth-order valence-electron chi connectivity index (χ4n) is 2.51. The minimum Gasteiger partial charge on any atom is -0.314 e. The van der Waals surface area contributed by atoms with Gasteiger partial charge in [0.25, 0.3) is 0 Å². The Balaban J connectivity index is 1.82. The van der Waals surface area contributed by atoms with Crippen LogP contribution in [0.1, 0.15) is 24.8 Å². The van der Waals surface area contributed by atoms with Crippen molar-refractivity contribution in [2.45, 2.75) is 19.3 Å². The first kappa shape index (κ1) is 15.4. The lowest BCUT2D eigenvalue weighted by Crippen LogP contribution is -2.20. The van der Waals surface area contributed by atoms with Crippen molar-refractivity contribution in [3.05, 3.63) is 66.2 Å². The molecule has 23 heavy (non-hydrogen) atoms. The van der Waals surface area contributed by atoms with Gasteiger partial charge in [0.2, 0.25) is 5.91 Å². The zero-order chi connectivity index (χ0) is 16.1. The number of hydrogen-bond acceptors (Lipinski definition) is 4. The number of anilines is 1. The van der Waals surface area contributed by atoms with Gasteiger partial charge in [-0.25, -0.2) is 0 Å². The molecule has 0 radical (unpaired) electrons. The van der Waals surface area contributed by atoms with Crippen LogP contribution in [-0.2, 0) is 4.79 Å². The number of amides is 1. The number of carbonyl (C=O) groups excluding carboxylic acids is 1. The highest BCUT2D eigenvalue weighted by atomic mass is 32.1. The van der Waals surface area contributed by atoms with E-state index in [2.05, 4.69) is 14.9 Å². The van der Waals surface area contributed by atoms with E-state index < -0.39 is 0 Å². The fourth-order valence-corrected chi connectivity index (χ4v) is 3.11. The van der Waals surface area contributed by atoms with Gasteiger partial charge in [0.1, 0.15) is 10.7 Å². The number of hydrogen-bond donors (Lipinski definition) is 1. The van der Waals surface area contributed by atoms with Crippen LogP contribution in [0.15, 0.2) is 60.7 Å². The molecule has 1 unspecified atom stereocenters. The van der Waals surface area contributed by atoms with Gasteiger partial charge in [0.15, 0.2) is 0 Å². The zero-order valence-corrected chi connectivity index (χ0v) is 13.6. The molecule has 0 spiro atoms. The summed E-state index contributed by atoms with van der Waals surface area (Å²) in [6, 6.07) is 19.6. The van der Waals surface area contributed by atoms with E-state index in [4.69, 9.17) is 0 Å². The number of aromatic nitrogens is 2. The van der Waals surface area contributed by atoms with Crippen molar-refractivity contribution in [3.8, 4) is 11.3 Å². The van der Waals surface area contributed by atoms with Crippen LogP contribution in [0.2, 0.25) is 0 Å². The molecule has 0 aliphatic carbocycles. The van der Waals surface area contributed by atoms with Gasteiger partial charge in [0, 0.05) is 17.1 Å². The summed E-state index contributed by atoms with van der Waals surface area (Å²) < 4.78 is 3.99. The summed E-state index contributed by atoms with van der Waals surface area (Å²) in [6.45, 7) is 2.01. The minimum absolute atomic E-state index is 0.0260. The van der Waals surface area contributed by atoms with Crippen molar-refractivity contribution in [1.82, 2.24) is 9.59 Å². The molecule has 2 aromatic carbocycles. The van der Waals surface area contributed by atoms with E-state index in [1.54, 1.807) is 0 Å². The highest BCUT2D eigenvalue weighted by molar-refractivity contribution is 7.10. The third-order valence-electron chi connectivity index (χ3n) is 3.70. The van der Waals surface area contributed by atoms with Crippen LogP contribution in [0.3, 0.4) is 0 Å². The second kappa shape index (κ2) is 7.15. The van der Waals surface area contributed by atoms with E-state index in [1.165, 1.54) is 11.5 Å². The molecule has 4 nitrogen and oxygen atoms in total. The van der Waals surface area contributed by atoms with Crippen LogP contribution in [0.25, 0.3) is 11.3 Å². The van der Waals surface area contributed by atoms with Crippen molar-refractivity contribution >= 4 is 22.4 Å². The Kier molecular flexibility index (Phi) is 4.78. The molecule has 3 rings (SSSR count). The Bertz CT molecular complexity index is 771. The molecular weight excluding hydrogens is 306 g/mol. The van der Waals surface area contributed by atoms with Crippen LogP contribution in [0, 0.1) is 0 Å². The van der Waals surface area contributed by atoms with Crippen molar-refractivity contribution in [2.24, 2.45) is 0 Å². The molecule has 1 N–H and O–H groups in total. The van der Waals surface area contributed by atoms with Gasteiger partial charge in [-0.2, -0.15) is 0 Å². The Labute approximate surface area is 139 Å². The summed E-state index contributed by atoms with van der Waals surface area (Å²) in [5.74, 6) is -0.205. The number of nitrogens with zero attached hydrogens (tertiary/aromatic N) is 2. The van der Waals surface area contributed by atoms with Crippen LogP contribution in [0.4, 0.5) is 5.00 Å². The average molecular weight is 323 g/mol. The molecule has 1 atom stereocenters. The Morgan fingerprint density at radius 1 is 1.09 bits per heavy atom. The topological polar surface area (TPSA) is 54.9 Å². The van der Waals surface area contributed by atoms with Crippen LogP contribution >= 0.6 is 11.5 Å². The van der Waals surface area contributed by atoms with Gasteiger partial charge in [-0.15, -0.1) is 5.10 Å². The van der Waals surface area contributed by atoms with Gasteiger partial charge >= 0.3 is 0 Å². The maximum atomic E-state index is 12.7. The zero-order valence-electron chi connectivity index (χ0n) is 12.8. The summed E-state index contributed by atoms with van der Waals surface area (Å²) >= 11 is 1.20. The first-order valence-electron chi connectivity index (χ1n) is 7.53. The monoisotopic (exact) mass is 323 g/mol. The van der Waals surface area contributed by atoms with Gasteiger partial charge in [0.05, 0.1) is 5.92 Å². The number of nitrogens with one attached hydrogen (secondary N) is 1. The fraction of sp³-hybridized carbons (Fsp3) is 0.167. The molecule has 3 aromatic rings. The molecule has 5 heteroatoms. The predicted octanol–water partition coefficient (Wildman–Crippen LogP) is 4.34. The summed E-state index contributed by atoms with van der Waals surface area (Å²) in [6.07, 6.45) is 0.739. The predicted molar refractivity (Wildman–Crippen MR) is 93.4 cm³/mol. The maximum absolute atomic E-state index is 12.7. The van der Waals surface area contributed by atoms with Gasteiger partial charge in [-0.1, -0.05) is 72.1 Å². The Hall–Kier alpha value is -2.53. The lowest BCUT2D eigenvalue weighted by molar-refractivity contribution is -0.117. The number of rotatable bonds is 5. The quantitative estimate of drug-likeness (QED) is 0.760. The number of benzene rings is 2. The van der Waals surface area contributed by atoms with Crippen molar-refractivity contribution < 1.29 is 4.79 Å². The molecule has 0 saturated carbocycles. The normalized spacial score (nSPS) is 11.9.